The molecule has 130 valence electrons. The van der Waals surface area contributed by atoms with E-state index in [0.717, 1.165) is 32.1 Å². The molecule has 2 unspecified atom stereocenters. The summed E-state index contributed by atoms with van der Waals surface area (Å²) in [6, 6.07) is 0. The summed E-state index contributed by atoms with van der Waals surface area (Å²) in [5.41, 5.74) is -0.453. The van der Waals surface area contributed by atoms with Crippen molar-refractivity contribution in [3.05, 3.63) is 0 Å². The molecule has 22 heavy (non-hydrogen) atoms. The third kappa shape index (κ3) is 8.40. The Bertz CT molecular complexity index is 338. The molecule has 4 nitrogen and oxygen atoms in total. The SMILES string of the molecule is CCC(C)OC(=O)C(C)(CC)CCCCC(=O)OCC(C)C. The second-order valence-corrected chi connectivity index (χ2v) is 6.82. The van der Waals surface area contributed by atoms with Crippen LogP contribution in [0.5, 0.6) is 0 Å². The van der Waals surface area contributed by atoms with Gasteiger partial charge < -0.3 is 9.47 Å². The topological polar surface area (TPSA) is 52.6 Å². The summed E-state index contributed by atoms with van der Waals surface area (Å²) >= 11 is 0. The van der Waals surface area contributed by atoms with Gasteiger partial charge in [0, 0.05) is 6.42 Å². The molecule has 0 aliphatic heterocycles. The summed E-state index contributed by atoms with van der Waals surface area (Å²) in [7, 11) is 0. The molecular formula is C18H34O4. The van der Waals surface area contributed by atoms with Crippen molar-refractivity contribution in [2.75, 3.05) is 6.61 Å². The Balaban J connectivity index is 4.12. The molecule has 0 aromatic rings. The normalized spacial score (nSPS) is 15.2. The van der Waals surface area contributed by atoms with Crippen molar-refractivity contribution >= 4 is 11.9 Å². The molecule has 0 spiro atoms. The van der Waals surface area contributed by atoms with Crippen molar-refractivity contribution in [1.82, 2.24) is 0 Å². The number of esters is 2. The van der Waals surface area contributed by atoms with Crippen LogP contribution in [0.3, 0.4) is 0 Å². The van der Waals surface area contributed by atoms with Crippen molar-refractivity contribution in [2.24, 2.45) is 11.3 Å². The van der Waals surface area contributed by atoms with E-state index in [1.807, 2.05) is 41.5 Å². The number of rotatable bonds is 11. The van der Waals surface area contributed by atoms with Crippen LogP contribution in [0.2, 0.25) is 0 Å². The summed E-state index contributed by atoms with van der Waals surface area (Å²) in [6.07, 6.45) is 4.29. The maximum Gasteiger partial charge on any atom is 0.312 e. The highest BCUT2D eigenvalue weighted by Gasteiger charge is 2.33. The molecule has 0 heterocycles. The van der Waals surface area contributed by atoms with Gasteiger partial charge in [-0.1, -0.05) is 34.1 Å². The van der Waals surface area contributed by atoms with Crippen LogP contribution in [-0.4, -0.2) is 24.6 Å². The van der Waals surface area contributed by atoms with Crippen molar-refractivity contribution in [3.63, 3.8) is 0 Å². The van der Waals surface area contributed by atoms with Gasteiger partial charge in [0.05, 0.1) is 18.1 Å². The first-order valence-corrected chi connectivity index (χ1v) is 8.61. The van der Waals surface area contributed by atoms with Crippen LogP contribution < -0.4 is 0 Å². The first-order valence-electron chi connectivity index (χ1n) is 8.61. The molecule has 2 atom stereocenters. The second-order valence-electron chi connectivity index (χ2n) is 6.82. The minimum atomic E-state index is -0.453. The van der Waals surface area contributed by atoms with Crippen molar-refractivity contribution < 1.29 is 19.1 Å². The smallest absolute Gasteiger partial charge is 0.312 e. The number of hydrogen-bond donors (Lipinski definition) is 0. The second kappa shape index (κ2) is 10.6. The molecule has 0 rings (SSSR count). The number of ether oxygens (including phenoxy) is 2. The molecule has 0 fully saturated rings. The lowest BCUT2D eigenvalue weighted by Gasteiger charge is -2.27. The highest BCUT2D eigenvalue weighted by Crippen LogP contribution is 2.30. The zero-order chi connectivity index (χ0) is 17.2. The third-order valence-electron chi connectivity index (χ3n) is 4.09. The van der Waals surface area contributed by atoms with Crippen LogP contribution in [0.4, 0.5) is 0 Å². The fourth-order valence-corrected chi connectivity index (χ4v) is 1.95. The Hall–Kier alpha value is -1.06. The number of unbranched alkanes of at least 4 members (excludes halogenated alkanes) is 1. The van der Waals surface area contributed by atoms with Crippen LogP contribution in [-0.2, 0) is 19.1 Å². The van der Waals surface area contributed by atoms with Crippen LogP contribution in [0.25, 0.3) is 0 Å². The molecule has 0 aromatic heterocycles. The highest BCUT2D eigenvalue weighted by atomic mass is 16.5. The zero-order valence-corrected chi connectivity index (χ0v) is 15.2. The van der Waals surface area contributed by atoms with Gasteiger partial charge in [0.25, 0.3) is 0 Å². The van der Waals surface area contributed by atoms with E-state index < -0.39 is 5.41 Å². The number of hydrogen-bond acceptors (Lipinski definition) is 4. The van der Waals surface area contributed by atoms with Crippen molar-refractivity contribution in [3.8, 4) is 0 Å². The van der Waals surface area contributed by atoms with Gasteiger partial charge in [-0.3, -0.25) is 9.59 Å². The lowest BCUT2D eigenvalue weighted by atomic mass is 9.82. The van der Waals surface area contributed by atoms with E-state index >= 15 is 0 Å². The summed E-state index contributed by atoms with van der Waals surface area (Å²) in [4.78, 5) is 23.8. The maximum atomic E-state index is 12.3. The van der Waals surface area contributed by atoms with E-state index in [1.54, 1.807) is 0 Å². The van der Waals surface area contributed by atoms with Crippen molar-refractivity contribution in [1.29, 1.82) is 0 Å². The Morgan fingerprint density at radius 3 is 2.23 bits per heavy atom. The molecule has 0 radical (unpaired) electrons. The highest BCUT2D eigenvalue weighted by molar-refractivity contribution is 5.76. The van der Waals surface area contributed by atoms with Crippen LogP contribution >= 0.6 is 0 Å². The number of carbonyl (C=O) groups excluding carboxylic acids is 2. The minimum absolute atomic E-state index is 0.0376. The average molecular weight is 314 g/mol. The third-order valence-corrected chi connectivity index (χ3v) is 4.09. The van der Waals surface area contributed by atoms with E-state index in [4.69, 9.17) is 9.47 Å². The Kier molecular flexibility index (Phi) is 10.1. The van der Waals surface area contributed by atoms with E-state index in [9.17, 15) is 9.59 Å². The molecule has 0 amide bonds. The van der Waals surface area contributed by atoms with Crippen LogP contribution in [0.1, 0.15) is 80.1 Å². The van der Waals surface area contributed by atoms with E-state index in [0.29, 0.717) is 18.9 Å². The predicted molar refractivity (Wildman–Crippen MR) is 88.5 cm³/mol. The van der Waals surface area contributed by atoms with Gasteiger partial charge in [-0.2, -0.15) is 0 Å². The van der Waals surface area contributed by atoms with E-state index in [2.05, 4.69) is 0 Å². The number of carbonyl (C=O) groups is 2. The van der Waals surface area contributed by atoms with E-state index in [1.165, 1.54) is 0 Å². The molecule has 0 bridgehead atoms. The van der Waals surface area contributed by atoms with Crippen LogP contribution in [0.15, 0.2) is 0 Å². The summed E-state index contributed by atoms with van der Waals surface area (Å²) in [5, 5.41) is 0. The summed E-state index contributed by atoms with van der Waals surface area (Å²) in [6.45, 7) is 12.4. The average Bonchev–Trinajstić information content (AvgIpc) is 2.48. The minimum Gasteiger partial charge on any atom is -0.465 e. The molecule has 0 aromatic carbocycles. The molecule has 0 N–H and O–H groups in total. The van der Waals surface area contributed by atoms with Crippen LogP contribution in [0, 0.1) is 11.3 Å². The monoisotopic (exact) mass is 314 g/mol. The fourth-order valence-electron chi connectivity index (χ4n) is 1.95. The van der Waals surface area contributed by atoms with Gasteiger partial charge in [0.2, 0.25) is 0 Å². The van der Waals surface area contributed by atoms with Gasteiger partial charge in [0.15, 0.2) is 0 Å². The molecular weight excluding hydrogens is 280 g/mol. The van der Waals surface area contributed by atoms with Gasteiger partial charge in [-0.25, -0.2) is 0 Å². The summed E-state index contributed by atoms with van der Waals surface area (Å²) in [5.74, 6) is 0.100. The van der Waals surface area contributed by atoms with Gasteiger partial charge in [-0.15, -0.1) is 0 Å². The molecule has 4 heteroatoms. The Labute approximate surface area is 135 Å². The molecule has 0 saturated carbocycles. The van der Waals surface area contributed by atoms with E-state index in [-0.39, 0.29) is 18.0 Å². The lowest BCUT2D eigenvalue weighted by molar-refractivity contribution is -0.160. The van der Waals surface area contributed by atoms with Gasteiger partial charge in [0.1, 0.15) is 0 Å². The zero-order valence-electron chi connectivity index (χ0n) is 15.2. The Morgan fingerprint density at radius 1 is 1.09 bits per heavy atom. The summed E-state index contributed by atoms with van der Waals surface area (Å²) < 4.78 is 10.6. The van der Waals surface area contributed by atoms with Gasteiger partial charge in [-0.05, 0) is 45.4 Å². The quantitative estimate of drug-likeness (QED) is 0.416. The van der Waals surface area contributed by atoms with Gasteiger partial charge >= 0.3 is 11.9 Å². The molecule has 0 aliphatic rings. The fraction of sp³-hybridized carbons (Fsp3) is 0.889. The largest absolute Gasteiger partial charge is 0.465 e. The standard InChI is InChI=1S/C18H34O4/c1-7-15(5)22-17(20)18(6,8-2)12-10-9-11-16(19)21-13-14(3)4/h14-15H,7-13H2,1-6H3. The molecule has 0 saturated heterocycles. The lowest BCUT2D eigenvalue weighted by Crippen LogP contribution is -2.31. The van der Waals surface area contributed by atoms with Crippen molar-refractivity contribution in [2.45, 2.75) is 86.2 Å². The Morgan fingerprint density at radius 2 is 1.73 bits per heavy atom. The predicted octanol–water partition coefficient (Wildman–Crippen LogP) is 4.50. The maximum absolute atomic E-state index is 12.3. The first kappa shape index (κ1) is 20.9. The first-order chi connectivity index (χ1) is 10.2. The molecule has 0 aliphatic carbocycles.